The summed E-state index contributed by atoms with van der Waals surface area (Å²) in [6, 6.07) is 9.11. The fraction of sp³-hybridized carbons (Fsp3) is 0.269. The maximum absolute atomic E-state index is 13.6. The van der Waals surface area contributed by atoms with Gasteiger partial charge in [0.1, 0.15) is 11.7 Å². The van der Waals surface area contributed by atoms with Gasteiger partial charge in [0.05, 0.1) is 30.2 Å². The predicted octanol–water partition coefficient (Wildman–Crippen LogP) is 4.70. The van der Waals surface area contributed by atoms with E-state index in [2.05, 4.69) is 15.3 Å². The summed E-state index contributed by atoms with van der Waals surface area (Å²) in [5, 5.41) is 11.9. The number of benzene rings is 1. The number of nitrogens with one attached hydrogen (secondary N) is 1. The van der Waals surface area contributed by atoms with E-state index >= 15 is 0 Å². The first-order chi connectivity index (χ1) is 17.9. The van der Waals surface area contributed by atoms with Crippen molar-refractivity contribution in [1.29, 1.82) is 5.26 Å². The highest BCUT2D eigenvalue weighted by atomic mass is 19.4. The Hall–Kier alpha value is -4.40. The standard InChI is InChI=1S/C26H20F5N5O2/c1-15(8-16-2-5-22(34-12-16)26(29,30)31)17-3-4-21-20(9-17)19(6-7-33-21)24(38)35-13-23(37)36-14-25(27,28)10-18(36)11-32/h2-9,12,18H,10,13-14H2,1H3,(H,35,38)/b15-8+/t18-/m0/s1. The SMILES string of the molecule is C/C(=C\c1ccc(C(F)(F)F)nc1)c1ccc2nccc(C(=O)NCC(=O)N3CC(F)(F)C[C@H]3C#N)c2c1. The molecule has 0 aliphatic carbocycles. The number of nitrogens with zero attached hydrogens (tertiary/aromatic N) is 4. The Labute approximate surface area is 213 Å². The average Bonchev–Trinajstić information content (AvgIpc) is 3.20. The van der Waals surface area contributed by atoms with Crippen molar-refractivity contribution in [2.75, 3.05) is 13.1 Å². The molecule has 1 atom stereocenters. The monoisotopic (exact) mass is 529 g/mol. The Kier molecular flexibility index (Phi) is 7.13. The molecule has 4 rings (SSSR count). The molecule has 1 aliphatic heterocycles. The van der Waals surface area contributed by atoms with Gasteiger partial charge in [-0.25, -0.2) is 8.78 Å². The Morgan fingerprint density at radius 3 is 2.63 bits per heavy atom. The fourth-order valence-corrected chi connectivity index (χ4v) is 4.13. The molecule has 0 unspecified atom stereocenters. The number of hydrogen-bond acceptors (Lipinski definition) is 5. The van der Waals surface area contributed by atoms with Gasteiger partial charge in [0.2, 0.25) is 5.91 Å². The molecule has 0 radical (unpaired) electrons. The zero-order chi connectivity index (χ0) is 27.7. The van der Waals surface area contributed by atoms with Crippen molar-refractivity contribution < 1.29 is 31.5 Å². The van der Waals surface area contributed by atoms with Crippen LogP contribution in [0.4, 0.5) is 22.0 Å². The van der Waals surface area contributed by atoms with Crippen LogP contribution in [0.1, 0.15) is 40.5 Å². The minimum atomic E-state index is -4.54. The number of pyridine rings is 2. The average molecular weight is 529 g/mol. The van der Waals surface area contributed by atoms with Crippen molar-refractivity contribution in [3.05, 3.63) is 71.2 Å². The number of fused-ring (bicyclic) bond motifs is 1. The van der Waals surface area contributed by atoms with Gasteiger partial charge in [-0.05, 0) is 54.0 Å². The summed E-state index contributed by atoms with van der Waals surface area (Å²) in [4.78, 5) is 33.8. The number of rotatable bonds is 5. The lowest BCUT2D eigenvalue weighted by Crippen LogP contribution is -2.43. The molecule has 7 nitrogen and oxygen atoms in total. The first-order valence-corrected chi connectivity index (χ1v) is 11.3. The van der Waals surface area contributed by atoms with Gasteiger partial charge in [-0.2, -0.15) is 18.4 Å². The van der Waals surface area contributed by atoms with Crippen molar-refractivity contribution in [1.82, 2.24) is 20.2 Å². The smallest absolute Gasteiger partial charge is 0.343 e. The van der Waals surface area contributed by atoms with Crippen LogP contribution in [-0.2, 0) is 11.0 Å². The number of halogens is 5. The lowest BCUT2D eigenvalue weighted by molar-refractivity contribution is -0.141. The molecular weight excluding hydrogens is 509 g/mol. The van der Waals surface area contributed by atoms with Crippen LogP contribution in [0.3, 0.4) is 0 Å². The van der Waals surface area contributed by atoms with Crippen molar-refractivity contribution in [2.24, 2.45) is 0 Å². The van der Waals surface area contributed by atoms with Gasteiger partial charge < -0.3 is 10.2 Å². The first kappa shape index (κ1) is 26.7. The number of likely N-dealkylation sites (tertiary alicyclic amines) is 1. The summed E-state index contributed by atoms with van der Waals surface area (Å²) in [5.74, 6) is -4.61. The maximum Gasteiger partial charge on any atom is 0.433 e. The molecule has 1 saturated heterocycles. The van der Waals surface area contributed by atoms with Crippen LogP contribution in [0.15, 0.2) is 48.8 Å². The Morgan fingerprint density at radius 1 is 1.21 bits per heavy atom. The number of carbonyl (C=O) groups is 2. The quantitative estimate of drug-likeness (QED) is 0.484. The third kappa shape index (κ3) is 5.77. The van der Waals surface area contributed by atoms with Crippen LogP contribution in [0.25, 0.3) is 22.6 Å². The molecule has 0 spiro atoms. The highest BCUT2D eigenvalue weighted by molar-refractivity contribution is 6.07. The van der Waals surface area contributed by atoms with E-state index in [-0.39, 0.29) is 5.56 Å². The molecule has 1 aliphatic rings. The number of hydrogen-bond donors (Lipinski definition) is 1. The molecule has 1 N–H and O–H groups in total. The van der Waals surface area contributed by atoms with Crippen LogP contribution < -0.4 is 5.32 Å². The van der Waals surface area contributed by atoms with E-state index in [0.29, 0.717) is 27.6 Å². The van der Waals surface area contributed by atoms with E-state index in [9.17, 15) is 31.5 Å². The van der Waals surface area contributed by atoms with Crippen LogP contribution in [0.5, 0.6) is 0 Å². The van der Waals surface area contributed by atoms with Gasteiger partial charge in [-0.15, -0.1) is 0 Å². The van der Waals surface area contributed by atoms with Crippen molar-refractivity contribution in [3.8, 4) is 6.07 Å². The van der Waals surface area contributed by atoms with Gasteiger partial charge >= 0.3 is 6.18 Å². The molecule has 2 aromatic heterocycles. The van der Waals surface area contributed by atoms with Crippen LogP contribution in [0.2, 0.25) is 0 Å². The minimum Gasteiger partial charge on any atom is -0.343 e. The van der Waals surface area contributed by atoms with E-state index in [1.54, 1.807) is 37.3 Å². The Balaban J connectivity index is 1.53. The van der Waals surface area contributed by atoms with E-state index in [4.69, 9.17) is 5.26 Å². The third-order valence-electron chi connectivity index (χ3n) is 6.04. The van der Waals surface area contributed by atoms with Gasteiger partial charge in [-0.3, -0.25) is 19.6 Å². The van der Waals surface area contributed by atoms with Crippen molar-refractivity contribution >= 4 is 34.4 Å². The largest absolute Gasteiger partial charge is 0.433 e. The van der Waals surface area contributed by atoms with E-state index < -0.39 is 55.2 Å². The van der Waals surface area contributed by atoms with Crippen LogP contribution in [-0.4, -0.2) is 51.7 Å². The van der Waals surface area contributed by atoms with E-state index in [1.807, 2.05) is 0 Å². The second kappa shape index (κ2) is 10.2. The summed E-state index contributed by atoms with van der Waals surface area (Å²) in [6.45, 7) is 0.281. The predicted molar refractivity (Wildman–Crippen MR) is 128 cm³/mol. The summed E-state index contributed by atoms with van der Waals surface area (Å²) in [6.07, 6.45) is -1.14. The van der Waals surface area contributed by atoms with Crippen LogP contribution >= 0.6 is 0 Å². The molecule has 1 aromatic carbocycles. The van der Waals surface area contributed by atoms with Crippen molar-refractivity contribution in [3.63, 3.8) is 0 Å². The molecular formula is C26H20F5N5O2. The first-order valence-electron chi connectivity index (χ1n) is 11.3. The normalized spacial score (nSPS) is 17.3. The maximum atomic E-state index is 13.6. The molecule has 38 heavy (non-hydrogen) atoms. The molecule has 0 bridgehead atoms. The summed E-state index contributed by atoms with van der Waals surface area (Å²) in [7, 11) is 0. The van der Waals surface area contributed by atoms with Crippen LogP contribution in [0, 0.1) is 11.3 Å². The number of alkyl halides is 5. The number of aromatic nitrogens is 2. The van der Waals surface area contributed by atoms with Gasteiger partial charge in [0.25, 0.3) is 11.8 Å². The molecule has 12 heteroatoms. The summed E-state index contributed by atoms with van der Waals surface area (Å²) in [5.41, 5.74) is 1.43. The van der Waals surface area contributed by atoms with E-state index in [1.165, 1.54) is 18.3 Å². The van der Waals surface area contributed by atoms with Gasteiger partial charge in [0.15, 0.2) is 0 Å². The number of carbonyl (C=O) groups excluding carboxylic acids is 2. The topological polar surface area (TPSA) is 99.0 Å². The highest BCUT2D eigenvalue weighted by Crippen LogP contribution is 2.32. The van der Waals surface area contributed by atoms with Gasteiger partial charge in [0, 0.05) is 24.2 Å². The van der Waals surface area contributed by atoms with Gasteiger partial charge in [-0.1, -0.05) is 12.1 Å². The molecule has 3 heterocycles. The minimum absolute atomic E-state index is 0.178. The fourth-order valence-electron chi connectivity index (χ4n) is 4.13. The Bertz CT molecular complexity index is 1460. The lowest BCUT2D eigenvalue weighted by Gasteiger charge is -2.19. The second-order valence-electron chi connectivity index (χ2n) is 8.80. The number of allylic oxidation sites excluding steroid dienone is 1. The van der Waals surface area contributed by atoms with Crippen molar-refractivity contribution in [2.45, 2.75) is 31.5 Å². The zero-order valence-electron chi connectivity index (χ0n) is 19.9. The third-order valence-corrected chi connectivity index (χ3v) is 6.04. The molecule has 2 amide bonds. The molecule has 1 fully saturated rings. The lowest BCUT2D eigenvalue weighted by atomic mass is 10.00. The Morgan fingerprint density at radius 2 is 1.97 bits per heavy atom. The highest BCUT2D eigenvalue weighted by Gasteiger charge is 2.47. The summed E-state index contributed by atoms with van der Waals surface area (Å²) >= 11 is 0. The molecule has 196 valence electrons. The number of amides is 2. The molecule has 0 saturated carbocycles. The zero-order valence-corrected chi connectivity index (χ0v) is 19.9. The molecule has 3 aromatic rings. The number of nitriles is 1. The van der Waals surface area contributed by atoms with E-state index in [0.717, 1.165) is 17.2 Å². The summed E-state index contributed by atoms with van der Waals surface area (Å²) < 4.78 is 65.6. The second-order valence-corrected chi connectivity index (χ2v) is 8.80.